The van der Waals surface area contributed by atoms with Crippen LogP contribution in [0.3, 0.4) is 0 Å². The third kappa shape index (κ3) is 4.28. The fraction of sp³-hybridized carbons (Fsp3) is 0.118. The number of hydrogen-bond acceptors (Lipinski definition) is 5. The van der Waals surface area contributed by atoms with E-state index in [-0.39, 0.29) is 0 Å². The quantitative estimate of drug-likeness (QED) is 0.753. The molecule has 0 spiro atoms. The Labute approximate surface area is 143 Å². The van der Waals surface area contributed by atoms with Crippen LogP contribution in [0.15, 0.2) is 48.5 Å². The van der Waals surface area contributed by atoms with Crippen molar-refractivity contribution in [1.29, 1.82) is 5.26 Å². The molecule has 4 nitrogen and oxygen atoms in total. The topological polar surface area (TPSA) is 61.6 Å². The van der Waals surface area contributed by atoms with Gasteiger partial charge in [-0.05, 0) is 35.4 Å². The van der Waals surface area contributed by atoms with E-state index in [1.54, 1.807) is 11.3 Å². The molecule has 0 amide bonds. The summed E-state index contributed by atoms with van der Waals surface area (Å²) in [5.74, 6) is 0. The highest BCUT2D eigenvalue weighted by atomic mass is 35.5. The second kappa shape index (κ2) is 7.23. The number of rotatable bonds is 5. The van der Waals surface area contributed by atoms with Gasteiger partial charge in [-0.3, -0.25) is 0 Å². The molecule has 0 fully saturated rings. The lowest BCUT2D eigenvalue weighted by molar-refractivity contribution is 0.991. The molecule has 114 valence electrons. The largest absolute Gasteiger partial charge is 0.356 e. The highest BCUT2D eigenvalue weighted by molar-refractivity contribution is 7.15. The Morgan fingerprint density at radius 2 is 1.70 bits per heavy atom. The molecule has 0 unspecified atom stereocenters. The van der Waals surface area contributed by atoms with E-state index in [1.807, 2.05) is 48.5 Å². The smallest absolute Gasteiger partial charge is 0.205 e. The third-order valence-electron chi connectivity index (χ3n) is 3.26. The van der Waals surface area contributed by atoms with E-state index in [0.717, 1.165) is 32.7 Å². The van der Waals surface area contributed by atoms with Gasteiger partial charge in [0.2, 0.25) is 5.13 Å². The number of hydrogen-bond donors (Lipinski definition) is 1. The van der Waals surface area contributed by atoms with Gasteiger partial charge < -0.3 is 5.32 Å². The molecule has 3 aromatic rings. The molecule has 1 N–H and O–H groups in total. The Morgan fingerprint density at radius 1 is 1.00 bits per heavy atom. The van der Waals surface area contributed by atoms with Crippen LogP contribution in [0, 0.1) is 11.3 Å². The summed E-state index contributed by atoms with van der Waals surface area (Å²) < 4.78 is 0. The Morgan fingerprint density at radius 3 is 2.39 bits per heavy atom. The second-order valence-corrected chi connectivity index (χ2v) is 6.46. The summed E-state index contributed by atoms with van der Waals surface area (Å²) in [5, 5.41) is 22.9. The van der Waals surface area contributed by atoms with E-state index in [4.69, 9.17) is 16.9 Å². The van der Waals surface area contributed by atoms with Crippen molar-refractivity contribution < 1.29 is 0 Å². The van der Waals surface area contributed by atoms with E-state index < -0.39 is 0 Å². The predicted molar refractivity (Wildman–Crippen MR) is 92.7 cm³/mol. The summed E-state index contributed by atoms with van der Waals surface area (Å²) in [7, 11) is 0. The van der Waals surface area contributed by atoms with Gasteiger partial charge >= 0.3 is 0 Å². The third-order valence-corrected chi connectivity index (χ3v) is 4.40. The Hall–Kier alpha value is -2.42. The Balaban J connectivity index is 1.58. The van der Waals surface area contributed by atoms with Gasteiger partial charge in [-0.15, -0.1) is 10.2 Å². The average Bonchev–Trinajstić information content (AvgIpc) is 3.03. The second-order valence-electron chi connectivity index (χ2n) is 4.97. The van der Waals surface area contributed by atoms with E-state index in [9.17, 15) is 0 Å². The zero-order chi connectivity index (χ0) is 16.1. The van der Waals surface area contributed by atoms with Crippen molar-refractivity contribution in [3.8, 4) is 6.07 Å². The number of nitriles is 1. The Bertz CT molecular complexity index is 819. The molecule has 2 aromatic carbocycles. The zero-order valence-electron chi connectivity index (χ0n) is 12.2. The van der Waals surface area contributed by atoms with Gasteiger partial charge in [0.05, 0.1) is 11.6 Å². The summed E-state index contributed by atoms with van der Waals surface area (Å²) in [4.78, 5) is 0. The summed E-state index contributed by atoms with van der Waals surface area (Å²) >= 11 is 7.42. The molecular weight excluding hydrogens is 328 g/mol. The molecule has 0 aliphatic heterocycles. The molecule has 0 atom stereocenters. The first-order chi connectivity index (χ1) is 11.2. The highest BCUT2D eigenvalue weighted by Crippen LogP contribution is 2.20. The number of benzene rings is 2. The number of nitrogens with one attached hydrogen (secondary N) is 1. The average molecular weight is 341 g/mol. The normalized spacial score (nSPS) is 10.3. The molecule has 1 heterocycles. The molecule has 0 radical (unpaired) electrons. The van der Waals surface area contributed by atoms with Crippen LogP contribution >= 0.6 is 22.9 Å². The van der Waals surface area contributed by atoms with Crippen molar-refractivity contribution in [2.24, 2.45) is 0 Å². The Kier molecular flexibility index (Phi) is 4.86. The SMILES string of the molecule is N#Cc1ccc(CNc2nnc(Cc3ccc(Cl)cc3)s2)cc1. The van der Waals surface area contributed by atoms with Crippen LogP contribution in [-0.4, -0.2) is 10.2 Å². The number of nitrogens with zero attached hydrogens (tertiary/aromatic N) is 3. The van der Waals surface area contributed by atoms with Gasteiger partial charge in [0.25, 0.3) is 0 Å². The molecule has 3 rings (SSSR count). The van der Waals surface area contributed by atoms with Gasteiger partial charge in [0.1, 0.15) is 5.01 Å². The van der Waals surface area contributed by atoms with Crippen molar-refractivity contribution in [3.05, 3.63) is 75.3 Å². The maximum Gasteiger partial charge on any atom is 0.205 e. The van der Waals surface area contributed by atoms with Gasteiger partial charge in [0, 0.05) is 18.0 Å². The number of halogens is 1. The molecule has 0 aliphatic rings. The molecule has 1 aromatic heterocycles. The minimum Gasteiger partial charge on any atom is -0.356 e. The van der Waals surface area contributed by atoms with Gasteiger partial charge in [-0.25, -0.2) is 0 Å². The van der Waals surface area contributed by atoms with Crippen molar-refractivity contribution in [2.75, 3.05) is 5.32 Å². The van der Waals surface area contributed by atoms with Crippen LogP contribution < -0.4 is 5.32 Å². The van der Waals surface area contributed by atoms with E-state index >= 15 is 0 Å². The monoisotopic (exact) mass is 340 g/mol. The molecule has 23 heavy (non-hydrogen) atoms. The van der Waals surface area contributed by atoms with Gasteiger partial charge in [-0.1, -0.05) is 47.2 Å². The van der Waals surface area contributed by atoms with Crippen LogP contribution in [0.1, 0.15) is 21.7 Å². The first-order valence-corrected chi connectivity index (χ1v) is 8.22. The zero-order valence-corrected chi connectivity index (χ0v) is 13.7. The minimum atomic E-state index is 0.654. The summed E-state index contributed by atoms with van der Waals surface area (Å²) in [6.07, 6.45) is 0.743. The molecule has 0 aliphatic carbocycles. The lowest BCUT2D eigenvalue weighted by Gasteiger charge is -2.02. The summed E-state index contributed by atoms with van der Waals surface area (Å²) in [5.41, 5.74) is 2.91. The maximum absolute atomic E-state index is 8.79. The fourth-order valence-electron chi connectivity index (χ4n) is 2.05. The molecular formula is C17H13ClN4S. The minimum absolute atomic E-state index is 0.654. The van der Waals surface area contributed by atoms with Crippen molar-refractivity contribution in [3.63, 3.8) is 0 Å². The van der Waals surface area contributed by atoms with Crippen LogP contribution in [0.25, 0.3) is 0 Å². The molecule has 0 bridgehead atoms. The predicted octanol–water partition coefficient (Wildman–Crippen LogP) is 4.27. The first-order valence-electron chi connectivity index (χ1n) is 7.02. The maximum atomic E-state index is 8.79. The van der Waals surface area contributed by atoms with Crippen LogP contribution in [0.2, 0.25) is 5.02 Å². The van der Waals surface area contributed by atoms with Crippen LogP contribution in [-0.2, 0) is 13.0 Å². The van der Waals surface area contributed by atoms with Crippen molar-refractivity contribution in [2.45, 2.75) is 13.0 Å². The highest BCUT2D eigenvalue weighted by Gasteiger charge is 2.05. The van der Waals surface area contributed by atoms with Gasteiger partial charge in [-0.2, -0.15) is 5.26 Å². The first kappa shape index (κ1) is 15.5. The molecule has 6 heteroatoms. The number of anilines is 1. The van der Waals surface area contributed by atoms with E-state index in [2.05, 4.69) is 21.6 Å². The molecule has 0 saturated heterocycles. The lowest BCUT2D eigenvalue weighted by atomic mass is 10.1. The van der Waals surface area contributed by atoms with Gasteiger partial charge in [0.15, 0.2) is 0 Å². The van der Waals surface area contributed by atoms with Crippen LogP contribution in [0.5, 0.6) is 0 Å². The van der Waals surface area contributed by atoms with E-state index in [1.165, 1.54) is 0 Å². The van der Waals surface area contributed by atoms with Crippen molar-refractivity contribution in [1.82, 2.24) is 10.2 Å². The standard InChI is InChI=1S/C17H13ClN4S/c18-15-7-5-12(6-8-15)9-16-21-22-17(23-16)20-11-14-3-1-13(10-19)2-4-14/h1-8H,9,11H2,(H,20,22). The molecule has 0 saturated carbocycles. The van der Waals surface area contributed by atoms with Crippen molar-refractivity contribution >= 4 is 28.1 Å². The van der Waals surface area contributed by atoms with E-state index in [0.29, 0.717) is 12.1 Å². The summed E-state index contributed by atoms with van der Waals surface area (Å²) in [6.45, 7) is 0.654. The van der Waals surface area contributed by atoms with Crippen LogP contribution in [0.4, 0.5) is 5.13 Å². The summed E-state index contributed by atoms with van der Waals surface area (Å²) in [6, 6.07) is 17.3. The fourth-order valence-corrected chi connectivity index (χ4v) is 2.94. The number of aromatic nitrogens is 2. The lowest BCUT2D eigenvalue weighted by Crippen LogP contribution is -1.98.